The van der Waals surface area contributed by atoms with Gasteiger partial charge in [0, 0.05) is 25.0 Å². The van der Waals surface area contributed by atoms with Crippen molar-refractivity contribution in [3.8, 4) is 0 Å². The van der Waals surface area contributed by atoms with E-state index in [1.54, 1.807) is 6.20 Å². The molecule has 96 valence electrons. The maximum absolute atomic E-state index is 11.7. The summed E-state index contributed by atoms with van der Waals surface area (Å²) in [6.45, 7) is 3.33. The number of halogens is 1. The van der Waals surface area contributed by atoms with Gasteiger partial charge in [0.15, 0.2) is 0 Å². The molecule has 6 nitrogen and oxygen atoms in total. The zero-order valence-electron chi connectivity index (χ0n) is 9.98. The van der Waals surface area contributed by atoms with E-state index in [1.807, 2.05) is 17.7 Å². The van der Waals surface area contributed by atoms with Gasteiger partial charge in [-0.15, -0.1) is 0 Å². The second-order valence-electron chi connectivity index (χ2n) is 3.90. The molecule has 0 atom stereocenters. The van der Waals surface area contributed by atoms with Crippen LogP contribution in [0, 0.1) is 6.92 Å². The Hall–Kier alpha value is -1.82. The Kier molecular flexibility index (Phi) is 3.99. The average Bonchev–Trinajstić information content (AvgIpc) is 2.94. The first-order chi connectivity index (χ1) is 8.68. The Morgan fingerprint density at radius 3 is 3.06 bits per heavy atom. The number of carbonyl (C=O) groups is 1. The van der Waals surface area contributed by atoms with Crippen LogP contribution in [0.2, 0.25) is 5.02 Å². The molecule has 0 spiro atoms. The number of nitrogens with one attached hydrogen (secondary N) is 2. The average molecular weight is 268 g/mol. The Bertz CT molecular complexity index is 533. The lowest BCUT2D eigenvalue weighted by atomic mass is 10.3. The third-order valence-corrected chi connectivity index (χ3v) is 2.87. The van der Waals surface area contributed by atoms with E-state index in [0.717, 1.165) is 18.7 Å². The largest absolute Gasteiger partial charge is 0.351 e. The van der Waals surface area contributed by atoms with Crippen LogP contribution < -0.4 is 5.32 Å². The van der Waals surface area contributed by atoms with Crippen LogP contribution in [0.5, 0.6) is 0 Å². The van der Waals surface area contributed by atoms with Crippen LogP contribution in [-0.4, -0.2) is 32.4 Å². The van der Waals surface area contributed by atoms with Crippen LogP contribution in [0.15, 0.2) is 18.5 Å². The summed E-state index contributed by atoms with van der Waals surface area (Å²) in [5.41, 5.74) is 1.41. The highest BCUT2D eigenvalue weighted by Crippen LogP contribution is 2.10. The molecular weight excluding hydrogens is 254 g/mol. The number of H-pyrrole nitrogens is 1. The Labute approximate surface area is 109 Å². The summed E-state index contributed by atoms with van der Waals surface area (Å²) in [5, 5.41) is 13.5. The Balaban J connectivity index is 1.75. The van der Waals surface area contributed by atoms with E-state index >= 15 is 0 Å². The van der Waals surface area contributed by atoms with E-state index in [9.17, 15) is 4.79 Å². The molecule has 2 aromatic heterocycles. The second-order valence-corrected chi connectivity index (χ2v) is 4.31. The van der Waals surface area contributed by atoms with Crippen LogP contribution in [-0.2, 0) is 6.54 Å². The molecule has 2 heterocycles. The summed E-state index contributed by atoms with van der Waals surface area (Å²) in [7, 11) is 0. The van der Waals surface area contributed by atoms with Crippen LogP contribution in [0.4, 0.5) is 0 Å². The summed E-state index contributed by atoms with van der Waals surface area (Å²) < 4.78 is 1.90. The van der Waals surface area contributed by atoms with Crippen molar-refractivity contribution in [2.24, 2.45) is 0 Å². The third-order valence-electron chi connectivity index (χ3n) is 2.58. The van der Waals surface area contributed by atoms with Gasteiger partial charge in [0.2, 0.25) is 0 Å². The fourth-order valence-electron chi connectivity index (χ4n) is 1.58. The van der Waals surface area contributed by atoms with E-state index in [4.69, 9.17) is 11.6 Å². The van der Waals surface area contributed by atoms with Gasteiger partial charge in [-0.2, -0.15) is 10.2 Å². The van der Waals surface area contributed by atoms with E-state index in [0.29, 0.717) is 17.3 Å². The predicted molar refractivity (Wildman–Crippen MR) is 67.5 cm³/mol. The highest BCUT2D eigenvalue weighted by Gasteiger charge is 2.11. The van der Waals surface area contributed by atoms with Gasteiger partial charge in [-0.3, -0.25) is 14.6 Å². The number of hydrogen-bond acceptors (Lipinski definition) is 3. The van der Waals surface area contributed by atoms with Gasteiger partial charge in [-0.1, -0.05) is 11.6 Å². The van der Waals surface area contributed by atoms with Crippen molar-refractivity contribution in [2.75, 3.05) is 6.54 Å². The lowest BCUT2D eigenvalue weighted by Gasteiger charge is -2.05. The van der Waals surface area contributed by atoms with Gasteiger partial charge in [0.05, 0.1) is 11.2 Å². The monoisotopic (exact) mass is 267 g/mol. The first-order valence-electron chi connectivity index (χ1n) is 5.64. The molecular formula is C11H14ClN5O. The van der Waals surface area contributed by atoms with E-state index < -0.39 is 0 Å². The van der Waals surface area contributed by atoms with Crippen LogP contribution in [0.3, 0.4) is 0 Å². The van der Waals surface area contributed by atoms with Crippen molar-refractivity contribution in [3.63, 3.8) is 0 Å². The summed E-state index contributed by atoms with van der Waals surface area (Å²) in [6.07, 6.45) is 3.97. The van der Waals surface area contributed by atoms with Crippen molar-refractivity contribution in [1.82, 2.24) is 25.3 Å². The molecule has 2 aromatic rings. The van der Waals surface area contributed by atoms with Gasteiger partial charge in [0.1, 0.15) is 5.69 Å². The molecule has 0 saturated heterocycles. The molecule has 0 unspecified atom stereocenters. The number of rotatable bonds is 5. The smallest absolute Gasteiger partial charge is 0.270 e. The number of aromatic amines is 1. The van der Waals surface area contributed by atoms with E-state index in [2.05, 4.69) is 20.6 Å². The number of amides is 1. The molecule has 0 saturated carbocycles. The van der Waals surface area contributed by atoms with Crippen molar-refractivity contribution in [2.45, 2.75) is 19.9 Å². The number of nitrogens with zero attached hydrogens (tertiary/aromatic N) is 3. The van der Waals surface area contributed by atoms with Gasteiger partial charge >= 0.3 is 0 Å². The van der Waals surface area contributed by atoms with E-state index in [-0.39, 0.29) is 5.91 Å². The number of carbonyl (C=O) groups excluding carboxylic acids is 1. The fraction of sp³-hybridized carbons (Fsp3) is 0.364. The maximum atomic E-state index is 11.7. The maximum Gasteiger partial charge on any atom is 0.270 e. The molecule has 2 N–H and O–H groups in total. The van der Waals surface area contributed by atoms with Crippen LogP contribution >= 0.6 is 11.6 Å². The number of hydrogen-bond donors (Lipinski definition) is 2. The Morgan fingerprint density at radius 1 is 1.61 bits per heavy atom. The molecule has 0 aliphatic heterocycles. The Morgan fingerprint density at radius 2 is 2.44 bits per heavy atom. The summed E-state index contributed by atoms with van der Waals surface area (Å²) in [6, 6.07) is 1.95. The number of aryl methyl sites for hydroxylation is 2. The molecule has 0 radical (unpaired) electrons. The van der Waals surface area contributed by atoms with Crippen molar-refractivity contribution >= 4 is 17.5 Å². The molecule has 0 aromatic carbocycles. The molecule has 18 heavy (non-hydrogen) atoms. The summed E-state index contributed by atoms with van der Waals surface area (Å²) in [4.78, 5) is 11.7. The zero-order chi connectivity index (χ0) is 13.0. The first-order valence-corrected chi connectivity index (χ1v) is 6.02. The topological polar surface area (TPSA) is 75.6 Å². The fourth-order valence-corrected chi connectivity index (χ4v) is 1.76. The molecule has 0 aliphatic carbocycles. The van der Waals surface area contributed by atoms with Crippen molar-refractivity contribution in [1.29, 1.82) is 0 Å². The SMILES string of the molecule is Cc1ccnn1CCCNC(=O)c1[nH]ncc1Cl. The third kappa shape index (κ3) is 2.89. The number of aromatic nitrogens is 4. The molecule has 1 amide bonds. The van der Waals surface area contributed by atoms with Crippen LogP contribution in [0.25, 0.3) is 0 Å². The standard InChI is InChI=1S/C11H14ClN5O/c1-8-3-5-15-17(8)6-2-4-13-11(18)10-9(12)7-14-16-10/h3,5,7H,2,4,6H2,1H3,(H,13,18)(H,14,16). The van der Waals surface area contributed by atoms with Crippen molar-refractivity contribution < 1.29 is 4.79 Å². The van der Waals surface area contributed by atoms with E-state index in [1.165, 1.54) is 6.20 Å². The van der Waals surface area contributed by atoms with Crippen molar-refractivity contribution in [3.05, 3.63) is 34.9 Å². The van der Waals surface area contributed by atoms with Crippen LogP contribution in [0.1, 0.15) is 22.6 Å². The molecule has 0 bridgehead atoms. The van der Waals surface area contributed by atoms with Gasteiger partial charge in [-0.05, 0) is 19.4 Å². The highest BCUT2D eigenvalue weighted by molar-refractivity contribution is 6.33. The quantitative estimate of drug-likeness (QED) is 0.804. The highest BCUT2D eigenvalue weighted by atomic mass is 35.5. The minimum absolute atomic E-state index is 0.241. The summed E-state index contributed by atoms with van der Waals surface area (Å²) in [5.74, 6) is -0.241. The normalized spacial score (nSPS) is 10.6. The summed E-state index contributed by atoms with van der Waals surface area (Å²) >= 11 is 5.78. The lowest BCUT2D eigenvalue weighted by molar-refractivity contribution is 0.0947. The molecule has 7 heteroatoms. The zero-order valence-corrected chi connectivity index (χ0v) is 10.7. The van der Waals surface area contributed by atoms with Gasteiger partial charge in [-0.25, -0.2) is 0 Å². The first kappa shape index (κ1) is 12.6. The molecule has 0 aliphatic rings. The lowest BCUT2D eigenvalue weighted by Crippen LogP contribution is -2.26. The van der Waals surface area contributed by atoms with Gasteiger partial charge in [0.25, 0.3) is 5.91 Å². The second kappa shape index (κ2) is 5.68. The van der Waals surface area contributed by atoms with Gasteiger partial charge < -0.3 is 5.32 Å². The molecule has 0 fully saturated rings. The minimum atomic E-state index is -0.241. The predicted octanol–water partition coefficient (Wildman–Crippen LogP) is 1.39. The molecule has 2 rings (SSSR count). The minimum Gasteiger partial charge on any atom is -0.351 e.